The van der Waals surface area contributed by atoms with Crippen molar-refractivity contribution in [2.45, 2.75) is 6.92 Å². The Bertz CT molecular complexity index is 1100. The molecular formula is C16H11FN4OS. The van der Waals surface area contributed by atoms with Gasteiger partial charge in [0.05, 0.1) is 10.9 Å². The summed E-state index contributed by atoms with van der Waals surface area (Å²) in [6, 6.07) is 11.8. The first-order chi connectivity index (χ1) is 11.1. The van der Waals surface area contributed by atoms with Crippen molar-refractivity contribution in [3.8, 4) is 0 Å². The molecule has 2 aromatic heterocycles. The maximum absolute atomic E-state index is 13.3. The first kappa shape index (κ1) is 13.8. The van der Waals surface area contributed by atoms with E-state index in [2.05, 4.69) is 15.4 Å². The third-order valence-electron chi connectivity index (χ3n) is 3.43. The summed E-state index contributed by atoms with van der Waals surface area (Å²) in [6.45, 7) is 2.00. The molecule has 0 unspecified atom stereocenters. The number of nitrogens with zero attached hydrogens (tertiary/aromatic N) is 3. The van der Waals surface area contributed by atoms with E-state index in [0.29, 0.717) is 21.0 Å². The molecule has 0 fully saturated rings. The number of fused-ring (bicyclic) bond motifs is 2. The number of hydrogen-bond donors (Lipinski definition) is 1. The predicted molar refractivity (Wildman–Crippen MR) is 89.1 cm³/mol. The van der Waals surface area contributed by atoms with Gasteiger partial charge in [-0.15, -0.1) is 5.10 Å². The zero-order valence-electron chi connectivity index (χ0n) is 12.1. The fourth-order valence-electron chi connectivity index (χ4n) is 2.38. The fourth-order valence-corrected chi connectivity index (χ4v) is 3.20. The Labute approximate surface area is 134 Å². The van der Waals surface area contributed by atoms with Crippen LogP contribution < -0.4 is 10.9 Å². The smallest absolute Gasteiger partial charge is 0.283 e. The second-order valence-corrected chi connectivity index (χ2v) is 6.13. The van der Waals surface area contributed by atoms with E-state index in [-0.39, 0.29) is 5.56 Å². The zero-order valence-corrected chi connectivity index (χ0v) is 12.9. The highest BCUT2D eigenvalue weighted by molar-refractivity contribution is 7.20. The molecule has 2 aromatic carbocycles. The van der Waals surface area contributed by atoms with Crippen molar-refractivity contribution in [2.24, 2.45) is 0 Å². The average molecular weight is 326 g/mol. The van der Waals surface area contributed by atoms with Crippen LogP contribution in [0.3, 0.4) is 0 Å². The SMILES string of the molecule is Cc1cccc(Nc2nn3c(=O)c4ccc(F)cc4nc3s2)c1. The lowest BCUT2D eigenvalue weighted by Gasteiger charge is -2.01. The highest BCUT2D eigenvalue weighted by Crippen LogP contribution is 2.23. The van der Waals surface area contributed by atoms with Gasteiger partial charge in [0.25, 0.3) is 5.56 Å². The molecule has 2 heterocycles. The second kappa shape index (κ2) is 5.13. The van der Waals surface area contributed by atoms with Gasteiger partial charge in [-0.3, -0.25) is 4.79 Å². The third-order valence-corrected chi connectivity index (χ3v) is 4.25. The topological polar surface area (TPSA) is 59.3 Å². The summed E-state index contributed by atoms with van der Waals surface area (Å²) in [5, 5.41) is 8.32. The monoisotopic (exact) mass is 326 g/mol. The zero-order chi connectivity index (χ0) is 16.0. The minimum absolute atomic E-state index is 0.307. The van der Waals surface area contributed by atoms with Crippen molar-refractivity contribution in [3.63, 3.8) is 0 Å². The second-order valence-electron chi connectivity index (χ2n) is 5.17. The largest absolute Gasteiger partial charge is 0.330 e. The number of nitrogens with one attached hydrogen (secondary N) is 1. The van der Waals surface area contributed by atoms with Gasteiger partial charge in [0.2, 0.25) is 10.1 Å². The molecule has 0 radical (unpaired) electrons. The Morgan fingerprint density at radius 2 is 2.09 bits per heavy atom. The number of rotatable bonds is 2. The fraction of sp³-hybridized carbons (Fsp3) is 0.0625. The van der Waals surface area contributed by atoms with Gasteiger partial charge in [0.1, 0.15) is 5.82 Å². The molecule has 114 valence electrons. The minimum Gasteiger partial charge on any atom is -0.330 e. The molecule has 1 N–H and O–H groups in total. The molecule has 0 aliphatic carbocycles. The molecule has 4 rings (SSSR count). The Hall–Kier alpha value is -2.80. The van der Waals surface area contributed by atoms with E-state index < -0.39 is 5.82 Å². The van der Waals surface area contributed by atoms with Crippen molar-refractivity contribution in [1.29, 1.82) is 0 Å². The summed E-state index contributed by atoms with van der Waals surface area (Å²) in [5.41, 5.74) is 2.03. The maximum Gasteiger partial charge on any atom is 0.283 e. The van der Waals surface area contributed by atoms with Crippen LogP contribution in [0.2, 0.25) is 0 Å². The Morgan fingerprint density at radius 3 is 2.91 bits per heavy atom. The summed E-state index contributed by atoms with van der Waals surface area (Å²) in [7, 11) is 0. The molecular weight excluding hydrogens is 315 g/mol. The number of anilines is 2. The summed E-state index contributed by atoms with van der Waals surface area (Å²) in [6.07, 6.45) is 0. The highest BCUT2D eigenvalue weighted by atomic mass is 32.1. The van der Waals surface area contributed by atoms with Gasteiger partial charge >= 0.3 is 0 Å². The molecule has 0 aliphatic heterocycles. The third kappa shape index (κ3) is 2.44. The van der Waals surface area contributed by atoms with Crippen LogP contribution >= 0.6 is 11.3 Å². The van der Waals surface area contributed by atoms with E-state index in [1.54, 1.807) is 0 Å². The summed E-state index contributed by atoms with van der Waals surface area (Å²) in [5.74, 6) is -0.420. The van der Waals surface area contributed by atoms with Gasteiger partial charge in [-0.1, -0.05) is 23.5 Å². The number of benzene rings is 2. The molecule has 0 amide bonds. The van der Waals surface area contributed by atoms with Gasteiger partial charge in [0.15, 0.2) is 0 Å². The molecule has 4 aromatic rings. The Balaban J connectivity index is 1.85. The lowest BCUT2D eigenvalue weighted by atomic mass is 10.2. The molecule has 0 saturated heterocycles. The molecule has 0 atom stereocenters. The predicted octanol–water partition coefficient (Wildman–Crippen LogP) is 3.50. The van der Waals surface area contributed by atoms with Crippen molar-refractivity contribution < 1.29 is 4.39 Å². The van der Waals surface area contributed by atoms with Gasteiger partial charge in [-0.05, 0) is 36.8 Å². The number of halogens is 1. The highest BCUT2D eigenvalue weighted by Gasteiger charge is 2.11. The molecule has 0 bridgehead atoms. The standard InChI is InChI=1S/C16H11FN4OS/c1-9-3-2-4-11(7-9)18-15-20-21-14(22)12-6-5-10(17)8-13(12)19-16(21)23-15/h2-8H,1H3,(H,18,20). The van der Waals surface area contributed by atoms with Crippen molar-refractivity contribution in [3.05, 3.63) is 64.2 Å². The van der Waals surface area contributed by atoms with Crippen LogP contribution in [0.15, 0.2) is 47.3 Å². The molecule has 0 spiro atoms. The van der Waals surface area contributed by atoms with Crippen molar-refractivity contribution in [1.82, 2.24) is 14.6 Å². The van der Waals surface area contributed by atoms with Gasteiger partial charge in [-0.2, -0.15) is 4.52 Å². The van der Waals surface area contributed by atoms with Crippen molar-refractivity contribution >= 4 is 38.0 Å². The lowest BCUT2D eigenvalue weighted by molar-refractivity contribution is 0.629. The van der Waals surface area contributed by atoms with E-state index in [1.807, 2.05) is 31.2 Å². The van der Waals surface area contributed by atoms with Crippen LogP contribution in [0.4, 0.5) is 15.2 Å². The van der Waals surface area contributed by atoms with Crippen LogP contribution in [0, 0.1) is 12.7 Å². The first-order valence-electron chi connectivity index (χ1n) is 6.93. The van der Waals surface area contributed by atoms with Crippen LogP contribution in [0.5, 0.6) is 0 Å². The number of aromatic nitrogens is 3. The van der Waals surface area contributed by atoms with Gasteiger partial charge in [0, 0.05) is 11.8 Å². The minimum atomic E-state index is -0.420. The van der Waals surface area contributed by atoms with Crippen LogP contribution in [-0.4, -0.2) is 14.6 Å². The Morgan fingerprint density at radius 1 is 1.22 bits per heavy atom. The summed E-state index contributed by atoms with van der Waals surface area (Å²) < 4.78 is 14.6. The van der Waals surface area contributed by atoms with Crippen LogP contribution in [-0.2, 0) is 0 Å². The van der Waals surface area contributed by atoms with E-state index in [0.717, 1.165) is 11.3 Å². The van der Waals surface area contributed by atoms with E-state index in [4.69, 9.17) is 0 Å². The normalized spacial score (nSPS) is 11.2. The molecule has 23 heavy (non-hydrogen) atoms. The van der Waals surface area contributed by atoms with E-state index in [9.17, 15) is 9.18 Å². The van der Waals surface area contributed by atoms with E-state index in [1.165, 1.54) is 34.1 Å². The van der Waals surface area contributed by atoms with Crippen LogP contribution in [0.1, 0.15) is 5.56 Å². The quantitative estimate of drug-likeness (QED) is 0.612. The maximum atomic E-state index is 13.3. The van der Waals surface area contributed by atoms with Gasteiger partial charge < -0.3 is 5.32 Å². The molecule has 0 saturated carbocycles. The first-order valence-corrected chi connectivity index (χ1v) is 7.75. The summed E-state index contributed by atoms with van der Waals surface area (Å²) >= 11 is 1.24. The Kier molecular flexibility index (Phi) is 3.09. The molecule has 5 nitrogen and oxygen atoms in total. The summed E-state index contributed by atoms with van der Waals surface area (Å²) in [4.78, 5) is 17.2. The molecule has 0 aliphatic rings. The lowest BCUT2D eigenvalue weighted by Crippen LogP contribution is -2.15. The van der Waals surface area contributed by atoms with Crippen LogP contribution in [0.25, 0.3) is 15.9 Å². The van der Waals surface area contributed by atoms with Gasteiger partial charge in [-0.25, -0.2) is 9.37 Å². The number of hydrogen-bond acceptors (Lipinski definition) is 5. The number of aryl methyl sites for hydroxylation is 1. The van der Waals surface area contributed by atoms with E-state index >= 15 is 0 Å². The van der Waals surface area contributed by atoms with Crippen molar-refractivity contribution in [2.75, 3.05) is 5.32 Å². The molecule has 7 heteroatoms. The average Bonchev–Trinajstić information content (AvgIpc) is 2.90.